The summed E-state index contributed by atoms with van der Waals surface area (Å²) in [5, 5.41) is 1.07. The van der Waals surface area contributed by atoms with Gasteiger partial charge in [0.1, 0.15) is 5.54 Å². The summed E-state index contributed by atoms with van der Waals surface area (Å²) in [5.41, 5.74) is 0.906. The molecule has 0 saturated carbocycles. The van der Waals surface area contributed by atoms with Crippen LogP contribution in [0.15, 0.2) is 109 Å². The molecule has 0 aromatic heterocycles. The Balaban J connectivity index is 1.79. The Hall–Kier alpha value is -3.41. The number of carbonyl (C=O) groups is 2. The Morgan fingerprint density at radius 3 is 1.72 bits per heavy atom. The normalized spacial score (nSPS) is 17.8. The van der Waals surface area contributed by atoms with Gasteiger partial charge in [-0.15, -0.1) is 0 Å². The molecular formula is C30H23BrClNO3. The SMILES string of the molecule is CC1(c2ccc(Cl)c(CBr)c2)OC(=O)N(C(c2ccccc2)(c2ccccc2)c2ccccc2)C1=O. The van der Waals surface area contributed by atoms with Crippen molar-refractivity contribution in [1.29, 1.82) is 0 Å². The first-order valence-electron chi connectivity index (χ1n) is 11.5. The highest BCUT2D eigenvalue weighted by Gasteiger charge is 2.60. The van der Waals surface area contributed by atoms with E-state index in [9.17, 15) is 9.59 Å². The lowest BCUT2D eigenvalue weighted by Crippen LogP contribution is -2.52. The summed E-state index contributed by atoms with van der Waals surface area (Å²) in [7, 11) is 0. The molecule has 2 amide bonds. The third kappa shape index (κ3) is 3.74. The Morgan fingerprint density at radius 1 is 0.806 bits per heavy atom. The number of ether oxygens (including phenoxy) is 1. The smallest absolute Gasteiger partial charge is 0.419 e. The van der Waals surface area contributed by atoms with E-state index in [0.29, 0.717) is 15.9 Å². The lowest BCUT2D eigenvalue weighted by molar-refractivity contribution is -0.138. The van der Waals surface area contributed by atoms with Gasteiger partial charge in [-0.25, -0.2) is 9.69 Å². The van der Waals surface area contributed by atoms with E-state index in [2.05, 4.69) is 15.9 Å². The molecule has 1 aliphatic rings. The number of benzene rings is 4. The van der Waals surface area contributed by atoms with Crippen molar-refractivity contribution in [3.05, 3.63) is 142 Å². The highest BCUT2D eigenvalue weighted by Crippen LogP contribution is 2.48. The van der Waals surface area contributed by atoms with E-state index in [1.54, 1.807) is 25.1 Å². The minimum absolute atomic E-state index is 0.452. The first kappa shape index (κ1) is 24.3. The van der Waals surface area contributed by atoms with Crippen molar-refractivity contribution in [2.75, 3.05) is 0 Å². The molecule has 1 unspecified atom stereocenters. The van der Waals surface area contributed by atoms with Gasteiger partial charge in [-0.05, 0) is 41.3 Å². The van der Waals surface area contributed by atoms with Gasteiger partial charge in [0.2, 0.25) is 5.60 Å². The van der Waals surface area contributed by atoms with Crippen molar-refractivity contribution in [2.24, 2.45) is 0 Å². The summed E-state index contributed by atoms with van der Waals surface area (Å²) in [6.45, 7) is 1.64. The van der Waals surface area contributed by atoms with Gasteiger partial charge in [0.15, 0.2) is 0 Å². The molecule has 0 aliphatic carbocycles. The number of alkyl halides is 1. The maximum Gasteiger partial charge on any atom is 0.419 e. The second-order valence-corrected chi connectivity index (χ2v) is 9.76. The predicted molar refractivity (Wildman–Crippen MR) is 144 cm³/mol. The third-order valence-corrected chi connectivity index (χ3v) is 7.71. The van der Waals surface area contributed by atoms with Crippen molar-refractivity contribution < 1.29 is 14.3 Å². The van der Waals surface area contributed by atoms with Crippen LogP contribution in [0.2, 0.25) is 5.02 Å². The topological polar surface area (TPSA) is 46.6 Å². The van der Waals surface area contributed by atoms with Crippen LogP contribution < -0.4 is 0 Å². The van der Waals surface area contributed by atoms with Crippen molar-refractivity contribution in [1.82, 2.24) is 4.90 Å². The second-order valence-electron chi connectivity index (χ2n) is 8.79. The quantitative estimate of drug-likeness (QED) is 0.182. The van der Waals surface area contributed by atoms with Crippen molar-refractivity contribution in [3.63, 3.8) is 0 Å². The van der Waals surface area contributed by atoms with Gasteiger partial charge < -0.3 is 4.74 Å². The summed E-state index contributed by atoms with van der Waals surface area (Å²) < 4.78 is 5.95. The number of imide groups is 1. The second kappa shape index (κ2) is 9.57. The van der Waals surface area contributed by atoms with E-state index in [1.165, 1.54) is 4.90 Å². The molecule has 1 saturated heterocycles. The number of hydrogen-bond donors (Lipinski definition) is 0. The number of rotatable bonds is 6. The van der Waals surface area contributed by atoms with Gasteiger partial charge in [0.05, 0.1) is 0 Å². The first-order valence-corrected chi connectivity index (χ1v) is 13.0. The molecule has 4 nitrogen and oxygen atoms in total. The third-order valence-electron chi connectivity index (χ3n) is 6.74. The number of nitrogens with zero attached hydrogens (tertiary/aromatic N) is 1. The molecule has 5 rings (SSSR count). The Morgan fingerprint density at radius 2 is 1.28 bits per heavy atom. The molecular weight excluding hydrogens is 538 g/mol. The van der Waals surface area contributed by atoms with Gasteiger partial charge in [0, 0.05) is 15.9 Å². The zero-order chi connectivity index (χ0) is 25.3. The van der Waals surface area contributed by atoms with E-state index < -0.39 is 23.1 Å². The van der Waals surface area contributed by atoms with Crippen LogP contribution in [-0.4, -0.2) is 16.9 Å². The van der Waals surface area contributed by atoms with Crippen molar-refractivity contribution in [2.45, 2.75) is 23.4 Å². The molecule has 0 bridgehead atoms. The van der Waals surface area contributed by atoms with Crippen LogP contribution in [-0.2, 0) is 26.0 Å². The molecule has 0 N–H and O–H groups in total. The van der Waals surface area contributed by atoms with Crippen LogP contribution in [0.3, 0.4) is 0 Å². The fourth-order valence-electron chi connectivity index (χ4n) is 4.93. The van der Waals surface area contributed by atoms with Crippen LogP contribution in [0.4, 0.5) is 4.79 Å². The number of cyclic esters (lactones) is 1. The van der Waals surface area contributed by atoms with Crippen LogP contribution in [0.5, 0.6) is 0 Å². The minimum atomic E-state index is -1.53. The Labute approximate surface area is 223 Å². The fraction of sp³-hybridized carbons (Fsp3) is 0.133. The Bertz CT molecular complexity index is 1320. The number of halogens is 2. The first-order chi connectivity index (χ1) is 17.4. The van der Waals surface area contributed by atoms with Gasteiger partial charge in [-0.2, -0.15) is 0 Å². The largest absolute Gasteiger partial charge is 0.428 e. The van der Waals surface area contributed by atoms with Gasteiger partial charge in [-0.3, -0.25) is 4.79 Å². The molecule has 1 fully saturated rings. The van der Waals surface area contributed by atoms with E-state index >= 15 is 0 Å². The molecule has 1 heterocycles. The van der Waals surface area contributed by atoms with Gasteiger partial charge in [0.25, 0.3) is 5.91 Å². The average Bonchev–Trinajstić information content (AvgIpc) is 3.16. The fourth-order valence-corrected chi connectivity index (χ4v) is 5.74. The zero-order valence-electron chi connectivity index (χ0n) is 19.5. The molecule has 0 spiro atoms. The molecule has 0 radical (unpaired) electrons. The van der Waals surface area contributed by atoms with Gasteiger partial charge >= 0.3 is 6.09 Å². The summed E-state index contributed by atoms with van der Waals surface area (Å²) in [6.07, 6.45) is -0.714. The van der Waals surface area contributed by atoms with Gasteiger partial charge in [-0.1, -0.05) is 125 Å². The molecule has 1 atom stereocenters. The van der Waals surface area contributed by atoms with Crippen LogP contribution in [0, 0.1) is 0 Å². The molecule has 6 heteroatoms. The standard InChI is InChI=1S/C30H23BrClNO3/c1-29(25-17-18-26(32)21(19-25)20-31)27(34)33(28(35)36-29)30(22-11-5-2-6-12-22,23-13-7-3-8-14-23)24-15-9-4-10-16-24/h2-19H,20H2,1H3. The summed E-state index contributed by atoms with van der Waals surface area (Å²) in [5.74, 6) is -0.452. The lowest BCUT2D eigenvalue weighted by atomic mass is 9.75. The predicted octanol–water partition coefficient (Wildman–Crippen LogP) is 7.42. The minimum Gasteiger partial charge on any atom is -0.428 e. The molecule has 36 heavy (non-hydrogen) atoms. The summed E-state index contributed by atoms with van der Waals surface area (Å²) in [6, 6.07) is 34.0. The van der Waals surface area contributed by atoms with Crippen LogP contribution in [0.1, 0.15) is 34.7 Å². The summed E-state index contributed by atoms with van der Waals surface area (Å²) >= 11 is 9.77. The van der Waals surface area contributed by atoms with E-state index in [1.807, 2.05) is 91.0 Å². The molecule has 4 aromatic carbocycles. The van der Waals surface area contributed by atoms with Crippen molar-refractivity contribution >= 4 is 39.5 Å². The zero-order valence-corrected chi connectivity index (χ0v) is 21.9. The van der Waals surface area contributed by atoms with E-state index in [-0.39, 0.29) is 0 Å². The number of carbonyl (C=O) groups excluding carboxylic acids is 2. The highest BCUT2D eigenvalue weighted by molar-refractivity contribution is 9.08. The highest BCUT2D eigenvalue weighted by atomic mass is 79.9. The van der Waals surface area contributed by atoms with E-state index in [0.717, 1.165) is 22.3 Å². The van der Waals surface area contributed by atoms with Crippen molar-refractivity contribution in [3.8, 4) is 0 Å². The number of amides is 2. The molecule has 180 valence electrons. The Kier molecular flexibility index (Phi) is 6.45. The maximum atomic E-state index is 14.4. The average molecular weight is 561 g/mol. The summed E-state index contributed by atoms with van der Waals surface area (Å²) in [4.78, 5) is 29.5. The lowest BCUT2D eigenvalue weighted by Gasteiger charge is -2.41. The van der Waals surface area contributed by atoms with Crippen LogP contribution >= 0.6 is 27.5 Å². The number of hydrogen-bond acceptors (Lipinski definition) is 3. The molecule has 4 aromatic rings. The van der Waals surface area contributed by atoms with E-state index in [4.69, 9.17) is 16.3 Å². The van der Waals surface area contributed by atoms with Crippen LogP contribution in [0.25, 0.3) is 0 Å². The monoisotopic (exact) mass is 559 g/mol. The maximum absolute atomic E-state index is 14.4. The molecule has 1 aliphatic heterocycles.